The molecule has 24 heavy (non-hydrogen) atoms. The van der Waals surface area contributed by atoms with Crippen molar-refractivity contribution < 1.29 is 4.74 Å². The number of guanidine groups is 1. The third-order valence-corrected chi connectivity index (χ3v) is 6.65. The van der Waals surface area contributed by atoms with Crippen LogP contribution in [0.1, 0.15) is 51.9 Å². The number of nitrogens with zero attached hydrogens (tertiary/aromatic N) is 2. The van der Waals surface area contributed by atoms with E-state index >= 15 is 0 Å². The first-order valence-electron chi connectivity index (χ1n) is 9.37. The van der Waals surface area contributed by atoms with E-state index in [4.69, 9.17) is 4.74 Å². The van der Waals surface area contributed by atoms with Gasteiger partial charge in [0.15, 0.2) is 5.96 Å². The lowest BCUT2D eigenvalue weighted by atomic mass is 9.46. The Morgan fingerprint density at radius 3 is 2.75 bits per heavy atom. The lowest BCUT2D eigenvalue weighted by Gasteiger charge is -2.63. The van der Waals surface area contributed by atoms with Crippen LogP contribution in [-0.2, 0) is 4.74 Å². The highest BCUT2D eigenvalue weighted by molar-refractivity contribution is 14.0. The number of nitrogens with one attached hydrogen (secondary N) is 2. The normalized spacial score (nSPS) is 39.2. The van der Waals surface area contributed by atoms with Crippen molar-refractivity contribution in [2.24, 2.45) is 22.2 Å². The molecule has 0 aromatic rings. The minimum atomic E-state index is 0. The second-order valence-electron chi connectivity index (χ2n) is 7.69. The van der Waals surface area contributed by atoms with E-state index in [1.54, 1.807) is 0 Å². The molecule has 4 rings (SSSR count). The number of nitriles is 1. The first kappa shape index (κ1) is 18.2. The Kier molecular flexibility index (Phi) is 5.60. The average Bonchev–Trinajstić information content (AvgIpc) is 3.11. The molecule has 134 valence electrons. The maximum Gasteiger partial charge on any atom is 0.191 e. The van der Waals surface area contributed by atoms with Crippen LogP contribution < -0.4 is 10.6 Å². The van der Waals surface area contributed by atoms with E-state index in [1.807, 2.05) is 0 Å². The topological polar surface area (TPSA) is 69.4 Å². The van der Waals surface area contributed by atoms with E-state index in [-0.39, 0.29) is 35.9 Å². The summed E-state index contributed by atoms with van der Waals surface area (Å²) in [6, 6.07) is 3.21. The summed E-state index contributed by atoms with van der Waals surface area (Å²) in [5.74, 6) is 1.69. The maximum absolute atomic E-state index is 9.31. The van der Waals surface area contributed by atoms with Crippen LogP contribution in [0.4, 0.5) is 0 Å². The molecule has 5 unspecified atom stereocenters. The molecule has 1 saturated heterocycles. The van der Waals surface area contributed by atoms with Gasteiger partial charge < -0.3 is 15.4 Å². The van der Waals surface area contributed by atoms with Gasteiger partial charge in [0, 0.05) is 36.6 Å². The van der Waals surface area contributed by atoms with Gasteiger partial charge in [0.2, 0.25) is 0 Å². The van der Waals surface area contributed by atoms with E-state index in [0.29, 0.717) is 23.5 Å². The van der Waals surface area contributed by atoms with Crippen LogP contribution in [0.15, 0.2) is 4.99 Å². The van der Waals surface area contributed by atoms with Crippen LogP contribution in [0.2, 0.25) is 0 Å². The predicted octanol–water partition coefficient (Wildman–Crippen LogP) is 2.81. The molecule has 0 bridgehead atoms. The summed E-state index contributed by atoms with van der Waals surface area (Å²) < 4.78 is 6.01. The van der Waals surface area contributed by atoms with Gasteiger partial charge in [0.05, 0.1) is 18.1 Å². The molecule has 5 nitrogen and oxygen atoms in total. The molecule has 1 aliphatic heterocycles. The third kappa shape index (κ3) is 2.82. The van der Waals surface area contributed by atoms with Gasteiger partial charge in [-0.25, -0.2) is 0 Å². The number of fused-ring (bicyclic) bond motifs is 2. The monoisotopic (exact) mass is 444 g/mol. The third-order valence-electron chi connectivity index (χ3n) is 6.65. The summed E-state index contributed by atoms with van der Waals surface area (Å²) in [5.41, 5.74) is 0.363. The highest BCUT2D eigenvalue weighted by atomic mass is 127. The molecule has 3 aliphatic carbocycles. The van der Waals surface area contributed by atoms with E-state index < -0.39 is 0 Å². The van der Waals surface area contributed by atoms with Gasteiger partial charge in [-0.1, -0.05) is 6.42 Å². The molecule has 0 aromatic carbocycles. The van der Waals surface area contributed by atoms with Crippen molar-refractivity contribution >= 4 is 29.9 Å². The Balaban J connectivity index is 0.00000169. The van der Waals surface area contributed by atoms with Crippen LogP contribution in [0, 0.1) is 28.6 Å². The standard InChI is InChI=1S/C18H28N4O.HI/c1-2-20-17(21-14-6-3-5-12(14)11-19)22-15-13-7-10-23-16(13)18(15)8-4-9-18;/h12-16H,2-10H2,1H3,(H2,20,21,22);1H. The Bertz CT molecular complexity index is 528. The number of ether oxygens (including phenoxy) is 1. The van der Waals surface area contributed by atoms with Gasteiger partial charge in [-0.2, -0.15) is 5.26 Å². The molecular formula is C18H29IN4O. The van der Waals surface area contributed by atoms with Crippen LogP contribution in [0.25, 0.3) is 0 Å². The summed E-state index contributed by atoms with van der Waals surface area (Å²) in [4.78, 5) is 4.66. The summed E-state index contributed by atoms with van der Waals surface area (Å²) in [7, 11) is 0. The first-order chi connectivity index (χ1) is 11.3. The summed E-state index contributed by atoms with van der Waals surface area (Å²) in [6.07, 6.45) is 8.79. The number of hydrogen-bond acceptors (Lipinski definition) is 3. The zero-order valence-electron chi connectivity index (χ0n) is 14.5. The lowest BCUT2D eigenvalue weighted by Crippen LogP contribution is -2.72. The number of rotatable bonds is 3. The van der Waals surface area contributed by atoms with Crippen LogP contribution in [0.3, 0.4) is 0 Å². The zero-order chi connectivity index (χ0) is 15.9. The molecule has 3 saturated carbocycles. The van der Waals surface area contributed by atoms with Crippen LogP contribution in [0.5, 0.6) is 0 Å². The Morgan fingerprint density at radius 2 is 2.08 bits per heavy atom. The number of hydrogen-bond donors (Lipinski definition) is 2. The van der Waals surface area contributed by atoms with E-state index in [0.717, 1.165) is 38.4 Å². The highest BCUT2D eigenvalue weighted by Crippen LogP contribution is 2.62. The molecule has 5 atom stereocenters. The van der Waals surface area contributed by atoms with E-state index in [1.165, 1.54) is 25.7 Å². The summed E-state index contributed by atoms with van der Waals surface area (Å²) in [6.45, 7) is 3.76. The predicted molar refractivity (Wildman–Crippen MR) is 104 cm³/mol. The second kappa shape index (κ2) is 7.36. The van der Waals surface area contributed by atoms with Crippen molar-refractivity contribution in [1.29, 1.82) is 5.26 Å². The minimum absolute atomic E-state index is 0. The quantitative estimate of drug-likeness (QED) is 0.399. The fourth-order valence-electron chi connectivity index (χ4n) is 5.36. The lowest BCUT2D eigenvalue weighted by molar-refractivity contribution is -0.171. The van der Waals surface area contributed by atoms with Crippen LogP contribution in [-0.4, -0.2) is 37.3 Å². The summed E-state index contributed by atoms with van der Waals surface area (Å²) >= 11 is 0. The average molecular weight is 444 g/mol. The summed E-state index contributed by atoms with van der Waals surface area (Å²) in [5, 5.41) is 16.6. The molecule has 0 amide bonds. The highest BCUT2D eigenvalue weighted by Gasteiger charge is 2.66. The maximum atomic E-state index is 9.31. The van der Waals surface area contributed by atoms with Crippen molar-refractivity contribution in [2.45, 2.75) is 70.1 Å². The van der Waals surface area contributed by atoms with Crippen LogP contribution >= 0.6 is 24.0 Å². The van der Waals surface area contributed by atoms with Crippen molar-refractivity contribution in [3.05, 3.63) is 0 Å². The van der Waals surface area contributed by atoms with Gasteiger partial charge in [-0.3, -0.25) is 4.99 Å². The van der Waals surface area contributed by atoms with Gasteiger partial charge in [0.25, 0.3) is 0 Å². The van der Waals surface area contributed by atoms with E-state index in [9.17, 15) is 5.26 Å². The molecule has 0 aromatic heterocycles. The number of halogens is 1. The Hall–Kier alpha value is -0.550. The van der Waals surface area contributed by atoms with Gasteiger partial charge in [0.1, 0.15) is 0 Å². The molecule has 4 aliphatic rings. The molecule has 2 N–H and O–H groups in total. The second-order valence-corrected chi connectivity index (χ2v) is 7.69. The first-order valence-corrected chi connectivity index (χ1v) is 9.37. The zero-order valence-corrected chi connectivity index (χ0v) is 16.8. The van der Waals surface area contributed by atoms with Crippen molar-refractivity contribution in [3.8, 4) is 6.07 Å². The smallest absolute Gasteiger partial charge is 0.191 e. The van der Waals surface area contributed by atoms with Crippen molar-refractivity contribution in [2.75, 3.05) is 13.2 Å². The fraction of sp³-hybridized carbons (Fsp3) is 0.889. The largest absolute Gasteiger partial charge is 0.377 e. The molecular weight excluding hydrogens is 415 g/mol. The van der Waals surface area contributed by atoms with Gasteiger partial charge >= 0.3 is 0 Å². The van der Waals surface area contributed by atoms with Crippen molar-refractivity contribution in [3.63, 3.8) is 0 Å². The Labute approximate surface area is 162 Å². The van der Waals surface area contributed by atoms with Gasteiger partial charge in [-0.15, -0.1) is 24.0 Å². The number of aliphatic imine (C=N–C) groups is 1. The molecule has 6 heteroatoms. The fourth-order valence-corrected chi connectivity index (χ4v) is 5.36. The van der Waals surface area contributed by atoms with Gasteiger partial charge in [-0.05, 0) is 45.4 Å². The molecule has 4 fully saturated rings. The van der Waals surface area contributed by atoms with E-state index in [2.05, 4.69) is 28.6 Å². The Morgan fingerprint density at radius 1 is 1.25 bits per heavy atom. The SMILES string of the molecule is CCN=C(NC1CCCC1C#N)NC1C2CCOC2C12CCC2.I. The molecule has 1 heterocycles. The van der Waals surface area contributed by atoms with Crippen molar-refractivity contribution in [1.82, 2.24) is 10.6 Å². The molecule has 0 radical (unpaired) electrons. The minimum Gasteiger partial charge on any atom is -0.377 e. The molecule has 1 spiro atoms.